The number of carbonyl (C=O) groups is 1. The van der Waals surface area contributed by atoms with Gasteiger partial charge in [0.2, 0.25) is 0 Å². The summed E-state index contributed by atoms with van der Waals surface area (Å²) in [6.07, 6.45) is 2.17. The summed E-state index contributed by atoms with van der Waals surface area (Å²) in [6.45, 7) is 6.46. The minimum Gasteiger partial charge on any atom is -0.464 e. The van der Waals surface area contributed by atoms with E-state index in [1.54, 1.807) is 0 Å². The number of nitrogens with zero attached hydrogens (tertiary/aromatic N) is 2. The van der Waals surface area contributed by atoms with Crippen molar-refractivity contribution in [2.75, 3.05) is 6.61 Å². The van der Waals surface area contributed by atoms with Crippen LogP contribution in [0.5, 0.6) is 0 Å². The Hall–Kier alpha value is -2.47. The van der Waals surface area contributed by atoms with E-state index < -0.39 is 5.97 Å². The Morgan fingerprint density at radius 1 is 1.27 bits per heavy atom. The Bertz CT molecular complexity index is 971. The Morgan fingerprint density at radius 3 is 2.65 bits per heavy atom. The number of hydrogen-bond donors (Lipinski definition) is 0. The molecule has 0 amide bonds. The number of thiophene rings is 1. The number of carbonyl (C=O) groups excluding carboxylic acids is 1. The van der Waals surface area contributed by atoms with Crippen molar-refractivity contribution in [1.29, 1.82) is 0 Å². The second-order valence-electron chi connectivity index (χ2n) is 6.50. The number of ether oxygens (including phenoxy) is 1. The first kappa shape index (κ1) is 18.3. The number of aromatic nitrogens is 2. The third kappa shape index (κ3) is 3.70. The Balaban J connectivity index is 1.98. The van der Waals surface area contributed by atoms with Crippen molar-refractivity contribution in [3.05, 3.63) is 51.9 Å². The van der Waals surface area contributed by atoms with Crippen molar-refractivity contribution in [1.82, 2.24) is 9.55 Å². The zero-order chi connectivity index (χ0) is 18.7. The molecule has 0 N–H and O–H groups in total. The van der Waals surface area contributed by atoms with Gasteiger partial charge < -0.3 is 4.74 Å². The zero-order valence-corrected chi connectivity index (χ0v) is 16.0. The van der Waals surface area contributed by atoms with Gasteiger partial charge in [-0.1, -0.05) is 45.0 Å². The maximum Gasteiger partial charge on any atom is 0.326 e. The molecule has 3 rings (SSSR count). The standard InChI is InChI=1S/C20H22N2O3S/c1-4-9-25-17(23)10-22-12-21-19-18(20(22)24)16(11-26-19)15-7-5-14(6-8-15)13(2)3/h5-8,11-13H,4,9-10H2,1-3H3. The number of fused-ring (bicyclic) bond motifs is 1. The van der Waals surface area contributed by atoms with E-state index in [4.69, 9.17) is 4.74 Å². The van der Waals surface area contributed by atoms with Gasteiger partial charge in [-0.15, -0.1) is 11.3 Å². The summed E-state index contributed by atoms with van der Waals surface area (Å²) in [6, 6.07) is 8.23. The van der Waals surface area contributed by atoms with Gasteiger partial charge in [-0.3, -0.25) is 14.2 Å². The van der Waals surface area contributed by atoms with Gasteiger partial charge in [0, 0.05) is 10.9 Å². The maximum atomic E-state index is 12.9. The fourth-order valence-electron chi connectivity index (χ4n) is 2.74. The van der Waals surface area contributed by atoms with Gasteiger partial charge in [0.15, 0.2) is 0 Å². The summed E-state index contributed by atoms with van der Waals surface area (Å²) in [5, 5.41) is 2.50. The monoisotopic (exact) mass is 370 g/mol. The minimum absolute atomic E-state index is 0.122. The molecule has 26 heavy (non-hydrogen) atoms. The lowest BCUT2D eigenvalue weighted by Crippen LogP contribution is -2.25. The molecule has 2 aromatic heterocycles. The lowest BCUT2D eigenvalue weighted by molar-refractivity contribution is -0.144. The molecule has 6 heteroatoms. The molecule has 0 aliphatic carbocycles. The highest BCUT2D eigenvalue weighted by Crippen LogP contribution is 2.31. The average molecular weight is 370 g/mol. The lowest BCUT2D eigenvalue weighted by Gasteiger charge is -2.08. The smallest absolute Gasteiger partial charge is 0.326 e. The molecule has 0 saturated carbocycles. The molecule has 136 valence electrons. The molecular weight excluding hydrogens is 348 g/mol. The van der Waals surface area contributed by atoms with Crippen LogP contribution in [-0.4, -0.2) is 22.1 Å². The summed E-state index contributed by atoms with van der Waals surface area (Å²) in [4.78, 5) is 29.8. The van der Waals surface area contributed by atoms with Crippen LogP contribution < -0.4 is 5.56 Å². The van der Waals surface area contributed by atoms with E-state index in [2.05, 4.69) is 31.0 Å². The Labute approximate surface area is 156 Å². The van der Waals surface area contributed by atoms with Gasteiger partial charge in [0.25, 0.3) is 5.56 Å². The molecule has 0 bridgehead atoms. The summed E-state index contributed by atoms with van der Waals surface area (Å²) in [5.74, 6) is 0.0319. The molecule has 0 saturated heterocycles. The molecule has 5 nitrogen and oxygen atoms in total. The van der Waals surface area contributed by atoms with Crippen molar-refractivity contribution < 1.29 is 9.53 Å². The van der Waals surface area contributed by atoms with Crippen LogP contribution in [0.2, 0.25) is 0 Å². The normalized spacial score (nSPS) is 11.2. The third-order valence-corrected chi connectivity index (χ3v) is 5.10. The van der Waals surface area contributed by atoms with Crippen molar-refractivity contribution in [2.24, 2.45) is 0 Å². The maximum absolute atomic E-state index is 12.9. The lowest BCUT2D eigenvalue weighted by atomic mass is 9.99. The molecule has 2 heterocycles. The summed E-state index contributed by atoms with van der Waals surface area (Å²) in [5.41, 5.74) is 2.87. The van der Waals surface area contributed by atoms with Gasteiger partial charge in [-0.05, 0) is 23.5 Å². The van der Waals surface area contributed by atoms with Crippen LogP contribution in [-0.2, 0) is 16.1 Å². The first-order valence-electron chi connectivity index (χ1n) is 8.73. The summed E-state index contributed by atoms with van der Waals surface area (Å²) in [7, 11) is 0. The van der Waals surface area contributed by atoms with E-state index >= 15 is 0 Å². The number of hydrogen-bond acceptors (Lipinski definition) is 5. The van der Waals surface area contributed by atoms with E-state index in [0.717, 1.165) is 17.5 Å². The zero-order valence-electron chi connectivity index (χ0n) is 15.2. The van der Waals surface area contributed by atoms with Crippen LogP contribution in [0.4, 0.5) is 0 Å². The first-order chi connectivity index (χ1) is 12.5. The van der Waals surface area contributed by atoms with Gasteiger partial charge in [-0.2, -0.15) is 0 Å². The molecule has 0 atom stereocenters. The number of esters is 1. The van der Waals surface area contributed by atoms with Gasteiger partial charge in [-0.25, -0.2) is 4.98 Å². The molecule has 0 aliphatic heterocycles. The predicted molar refractivity (Wildman–Crippen MR) is 105 cm³/mol. The van der Waals surface area contributed by atoms with Crippen LogP contribution in [0.1, 0.15) is 38.7 Å². The van der Waals surface area contributed by atoms with Gasteiger partial charge >= 0.3 is 5.97 Å². The van der Waals surface area contributed by atoms with Crippen LogP contribution in [0, 0.1) is 0 Å². The van der Waals surface area contributed by atoms with E-state index in [1.807, 2.05) is 24.4 Å². The second kappa shape index (κ2) is 7.83. The number of benzene rings is 1. The van der Waals surface area contributed by atoms with E-state index in [1.165, 1.54) is 27.8 Å². The van der Waals surface area contributed by atoms with Crippen LogP contribution in [0.3, 0.4) is 0 Å². The molecule has 0 aliphatic rings. The fraction of sp³-hybridized carbons (Fsp3) is 0.350. The second-order valence-corrected chi connectivity index (χ2v) is 7.36. The molecular formula is C20H22N2O3S. The van der Waals surface area contributed by atoms with Gasteiger partial charge in [0.1, 0.15) is 11.4 Å². The predicted octanol–water partition coefficient (Wildman–Crippen LogP) is 4.20. The topological polar surface area (TPSA) is 61.2 Å². The number of rotatable bonds is 6. The SMILES string of the molecule is CCCOC(=O)Cn1cnc2scc(-c3ccc(C(C)C)cc3)c2c1=O. The van der Waals surface area contributed by atoms with Gasteiger partial charge in [0.05, 0.1) is 18.3 Å². The molecule has 0 fully saturated rings. The molecule has 3 aromatic rings. The van der Waals surface area contributed by atoms with Crippen molar-refractivity contribution >= 4 is 27.5 Å². The van der Waals surface area contributed by atoms with Crippen LogP contribution in [0.25, 0.3) is 21.3 Å². The largest absolute Gasteiger partial charge is 0.464 e. The van der Waals surface area contributed by atoms with Crippen molar-refractivity contribution in [2.45, 2.75) is 39.7 Å². The highest BCUT2D eigenvalue weighted by atomic mass is 32.1. The van der Waals surface area contributed by atoms with Crippen LogP contribution >= 0.6 is 11.3 Å². The molecule has 1 aromatic carbocycles. The minimum atomic E-state index is -0.423. The van der Waals surface area contributed by atoms with Crippen LogP contribution in [0.15, 0.2) is 40.8 Å². The Morgan fingerprint density at radius 2 is 2.00 bits per heavy atom. The first-order valence-corrected chi connectivity index (χ1v) is 9.61. The third-order valence-electron chi connectivity index (χ3n) is 4.22. The average Bonchev–Trinajstić information content (AvgIpc) is 3.07. The molecule has 0 spiro atoms. The van der Waals surface area contributed by atoms with E-state index in [0.29, 0.717) is 22.7 Å². The molecule has 0 unspecified atom stereocenters. The Kier molecular flexibility index (Phi) is 5.52. The molecule has 0 radical (unpaired) electrons. The summed E-state index contributed by atoms with van der Waals surface area (Å²) >= 11 is 1.43. The van der Waals surface area contributed by atoms with E-state index in [-0.39, 0.29) is 12.1 Å². The highest BCUT2D eigenvalue weighted by molar-refractivity contribution is 7.17. The van der Waals surface area contributed by atoms with Crippen molar-refractivity contribution in [3.63, 3.8) is 0 Å². The van der Waals surface area contributed by atoms with Crippen molar-refractivity contribution in [3.8, 4) is 11.1 Å². The van der Waals surface area contributed by atoms with E-state index in [9.17, 15) is 9.59 Å². The quantitative estimate of drug-likeness (QED) is 0.610. The fourth-order valence-corrected chi connectivity index (χ4v) is 3.65. The summed E-state index contributed by atoms with van der Waals surface area (Å²) < 4.78 is 6.39. The highest BCUT2D eigenvalue weighted by Gasteiger charge is 2.15.